The summed E-state index contributed by atoms with van der Waals surface area (Å²) in [5, 5.41) is 14.6. The van der Waals surface area contributed by atoms with Crippen LogP contribution < -0.4 is 5.32 Å². The van der Waals surface area contributed by atoms with Crippen LogP contribution in [0.25, 0.3) is 0 Å². The van der Waals surface area contributed by atoms with Gasteiger partial charge in [-0.05, 0) is 57.6 Å². The van der Waals surface area contributed by atoms with Gasteiger partial charge in [0, 0.05) is 17.1 Å². The quantitative estimate of drug-likeness (QED) is 0.890. The molecule has 3 nitrogen and oxygen atoms in total. The molecule has 0 radical (unpaired) electrons. The van der Waals surface area contributed by atoms with Gasteiger partial charge in [0.25, 0.3) is 0 Å². The molecular weight excluding hydrogens is 260 g/mol. The van der Waals surface area contributed by atoms with E-state index < -0.39 is 6.10 Å². The first-order valence-corrected chi connectivity index (χ1v) is 7.32. The van der Waals surface area contributed by atoms with Crippen LogP contribution in [0.15, 0.2) is 24.3 Å². The van der Waals surface area contributed by atoms with Crippen LogP contribution in [-0.2, 0) is 0 Å². The van der Waals surface area contributed by atoms with Crippen molar-refractivity contribution in [1.82, 2.24) is 10.2 Å². The number of benzene rings is 1. The SMILES string of the molecule is CC(NC1CCN(C)CC1)C(O)c1ccc(Cl)cc1. The lowest BCUT2D eigenvalue weighted by Crippen LogP contribution is -2.46. The molecule has 2 unspecified atom stereocenters. The molecule has 1 fully saturated rings. The van der Waals surface area contributed by atoms with Crippen molar-refractivity contribution in [3.05, 3.63) is 34.9 Å². The van der Waals surface area contributed by atoms with E-state index in [-0.39, 0.29) is 6.04 Å². The number of aliphatic hydroxyl groups is 1. The summed E-state index contributed by atoms with van der Waals surface area (Å²) in [7, 11) is 2.15. The van der Waals surface area contributed by atoms with Gasteiger partial charge in [0.15, 0.2) is 0 Å². The predicted octanol–water partition coefficient (Wildman–Crippen LogP) is 2.45. The van der Waals surface area contributed by atoms with E-state index in [1.54, 1.807) is 0 Å². The summed E-state index contributed by atoms with van der Waals surface area (Å²) in [6.45, 7) is 4.29. The van der Waals surface area contributed by atoms with Crippen LogP contribution in [0.1, 0.15) is 31.4 Å². The van der Waals surface area contributed by atoms with Crippen LogP contribution in [-0.4, -0.2) is 42.2 Å². The van der Waals surface area contributed by atoms with E-state index in [1.165, 1.54) is 0 Å². The van der Waals surface area contributed by atoms with E-state index in [0.29, 0.717) is 11.1 Å². The summed E-state index contributed by atoms with van der Waals surface area (Å²) in [6.07, 6.45) is 1.81. The van der Waals surface area contributed by atoms with Gasteiger partial charge in [0.2, 0.25) is 0 Å². The molecule has 1 saturated heterocycles. The molecule has 106 valence electrons. The fourth-order valence-corrected chi connectivity index (χ4v) is 2.71. The summed E-state index contributed by atoms with van der Waals surface area (Å²) in [5.74, 6) is 0. The molecule has 0 aliphatic carbocycles. The van der Waals surface area contributed by atoms with Gasteiger partial charge < -0.3 is 15.3 Å². The van der Waals surface area contributed by atoms with Gasteiger partial charge >= 0.3 is 0 Å². The van der Waals surface area contributed by atoms with Crippen LogP contribution in [0.5, 0.6) is 0 Å². The van der Waals surface area contributed by atoms with E-state index in [0.717, 1.165) is 31.5 Å². The Labute approximate surface area is 120 Å². The number of hydrogen-bond acceptors (Lipinski definition) is 3. The van der Waals surface area contributed by atoms with Gasteiger partial charge in [-0.2, -0.15) is 0 Å². The Morgan fingerprint density at radius 2 is 1.84 bits per heavy atom. The first-order valence-electron chi connectivity index (χ1n) is 6.94. The second-order valence-electron chi connectivity index (χ2n) is 5.53. The minimum absolute atomic E-state index is 0.0505. The van der Waals surface area contributed by atoms with Crippen LogP contribution in [0.2, 0.25) is 5.02 Å². The summed E-state index contributed by atoms with van der Waals surface area (Å²) >= 11 is 5.86. The molecule has 1 aliphatic heterocycles. The van der Waals surface area contributed by atoms with E-state index in [1.807, 2.05) is 31.2 Å². The fraction of sp³-hybridized carbons (Fsp3) is 0.600. The third-order valence-corrected chi connectivity index (χ3v) is 4.15. The van der Waals surface area contributed by atoms with E-state index >= 15 is 0 Å². The van der Waals surface area contributed by atoms with Gasteiger partial charge in [-0.3, -0.25) is 0 Å². The molecule has 1 heterocycles. The Balaban J connectivity index is 1.88. The summed E-state index contributed by atoms with van der Waals surface area (Å²) in [5.41, 5.74) is 0.914. The molecule has 0 spiro atoms. The lowest BCUT2D eigenvalue weighted by Gasteiger charge is -2.33. The molecule has 1 aromatic rings. The second kappa shape index (κ2) is 6.71. The van der Waals surface area contributed by atoms with Gasteiger partial charge in [-0.1, -0.05) is 23.7 Å². The molecule has 1 aromatic carbocycles. The molecule has 2 rings (SSSR count). The van der Waals surface area contributed by atoms with E-state index in [9.17, 15) is 5.11 Å². The maximum atomic E-state index is 10.3. The second-order valence-corrected chi connectivity index (χ2v) is 5.97. The molecule has 4 heteroatoms. The molecule has 2 atom stereocenters. The largest absolute Gasteiger partial charge is 0.387 e. The van der Waals surface area contributed by atoms with Crippen molar-refractivity contribution < 1.29 is 5.11 Å². The van der Waals surface area contributed by atoms with Gasteiger partial charge in [-0.15, -0.1) is 0 Å². The molecule has 19 heavy (non-hydrogen) atoms. The van der Waals surface area contributed by atoms with Crippen LogP contribution in [0, 0.1) is 0 Å². The lowest BCUT2D eigenvalue weighted by molar-refractivity contribution is 0.119. The number of nitrogens with one attached hydrogen (secondary N) is 1. The zero-order chi connectivity index (χ0) is 13.8. The Kier molecular flexibility index (Phi) is 5.22. The Hall–Kier alpha value is -0.610. The number of hydrogen-bond donors (Lipinski definition) is 2. The topological polar surface area (TPSA) is 35.5 Å². The third kappa shape index (κ3) is 4.18. The zero-order valence-electron chi connectivity index (χ0n) is 11.6. The Morgan fingerprint density at radius 1 is 1.26 bits per heavy atom. The number of piperidine rings is 1. The van der Waals surface area contributed by atoms with E-state index in [4.69, 9.17) is 11.6 Å². The standard InChI is InChI=1S/C15H23ClN2O/c1-11(17-14-7-9-18(2)10-8-14)15(19)12-3-5-13(16)6-4-12/h3-6,11,14-15,17,19H,7-10H2,1-2H3. The molecule has 2 N–H and O–H groups in total. The third-order valence-electron chi connectivity index (χ3n) is 3.90. The number of likely N-dealkylation sites (tertiary alicyclic amines) is 1. The van der Waals surface area contributed by atoms with Gasteiger partial charge in [0.05, 0.1) is 6.10 Å². The first-order chi connectivity index (χ1) is 9.06. The molecule has 0 aromatic heterocycles. The highest BCUT2D eigenvalue weighted by atomic mass is 35.5. The predicted molar refractivity (Wildman–Crippen MR) is 79.5 cm³/mol. The van der Waals surface area contributed by atoms with Crippen molar-refractivity contribution in [2.75, 3.05) is 20.1 Å². The lowest BCUT2D eigenvalue weighted by atomic mass is 10.00. The fourth-order valence-electron chi connectivity index (χ4n) is 2.59. The Morgan fingerprint density at radius 3 is 2.42 bits per heavy atom. The van der Waals surface area contributed by atoms with Crippen molar-refractivity contribution >= 4 is 11.6 Å². The average molecular weight is 283 g/mol. The highest BCUT2D eigenvalue weighted by molar-refractivity contribution is 6.30. The van der Waals surface area contributed by atoms with Crippen molar-refractivity contribution in [3.63, 3.8) is 0 Å². The highest BCUT2D eigenvalue weighted by Crippen LogP contribution is 2.20. The number of rotatable bonds is 4. The molecule has 0 amide bonds. The van der Waals surface area contributed by atoms with Crippen molar-refractivity contribution in [1.29, 1.82) is 0 Å². The zero-order valence-corrected chi connectivity index (χ0v) is 12.4. The number of aliphatic hydroxyl groups excluding tert-OH is 1. The van der Waals surface area contributed by atoms with Crippen molar-refractivity contribution in [2.45, 2.75) is 38.0 Å². The highest BCUT2D eigenvalue weighted by Gasteiger charge is 2.22. The Bertz CT molecular complexity index is 388. The van der Waals surface area contributed by atoms with Crippen molar-refractivity contribution in [2.24, 2.45) is 0 Å². The minimum atomic E-state index is -0.489. The van der Waals surface area contributed by atoms with Crippen LogP contribution >= 0.6 is 11.6 Å². The van der Waals surface area contributed by atoms with Gasteiger partial charge in [-0.25, -0.2) is 0 Å². The average Bonchev–Trinajstić information content (AvgIpc) is 2.41. The van der Waals surface area contributed by atoms with Crippen LogP contribution in [0.3, 0.4) is 0 Å². The van der Waals surface area contributed by atoms with Gasteiger partial charge in [0.1, 0.15) is 0 Å². The molecule has 0 saturated carbocycles. The van der Waals surface area contributed by atoms with Crippen molar-refractivity contribution in [3.8, 4) is 0 Å². The summed E-state index contributed by atoms with van der Waals surface area (Å²) in [6, 6.07) is 7.98. The maximum Gasteiger partial charge on any atom is 0.0940 e. The summed E-state index contributed by atoms with van der Waals surface area (Å²) in [4.78, 5) is 2.35. The monoisotopic (exact) mass is 282 g/mol. The minimum Gasteiger partial charge on any atom is -0.387 e. The normalized spacial score (nSPS) is 21.3. The van der Waals surface area contributed by atoms with E-state index in [2.05, 4.69) is 17.3 Å². The smallest absolute Gasteiger partial charge is 0.0940 e. The molecule has 0 bridgehead atoms. The first kappa shape index (κ1) is 14.8. The number of nitrogens with zero attached hydrogens (tertiary/aromatic N) is 1. The molecular formula is C15H23ClN2O. The van der Waals surface area contributed by atoms with Crippen LogP contribution in [0.4, 0.5) is 0 Å². The maximum absolute atomic E-state index is 10.3. The number of halogens is 1. The molecule has 1 aliphatic rings. The summed E-state index contributed by atoms with van der Waals surface area (Å²) < 4.78 is 0.